The largest absolute Gasteiger partial charge is 0.352 e. The first kappa shape index (κ1) is 21.1. The van der Waals surface area contributed by atoms with Gasteiger partial charge in [-0.25, -0.2) is 0 Å². The fraction of sp³-hybridized carbons (Fsp3) is 0.333. The average Bonchev–Trinajstić information content (AvgIpc) is 3.18. The molecule has 0 radical (unpaired) electrons. The Morgan fingerprint density at radius 1 is 1.13 bits per heavy atom. The molecule has 0 amide bonds. The van der Waals surface area contributed by atoms with Crippen molar-refractivity contribution in [3.8, 4) is 5.69 Å². The van der Waals surface area contributed by atoms with Crippen LogP contribution in [0.3, 0.4) is 0 Å². The molecule has 4 nitrogen and oxygen atoms in total. The molecule has 2 atom stereocenters. The van der Waals surface area contributed by atoms with Crippen molar-refractivity contribution in [3.63, 3.8) is 0 Å². The van der Waals surface area contributed by atoms with Crippen LogP contribution in [0.5, 0.6) is 0 Å². The summed E-state index contributed by atoms with van der Waals surface area (Å²) < 4.78 is 3.40. The maximum atomic E-state index is 5.78. The van der Waals surface area contributed by atoms with E-state index < -0.39 is 0 Å². The van der Waals surface area contributed by atoms with E-state index in [2.05, 4.69) is 99.8 Å². The van der Waals surface area contributed by atoms with E-state index in [4.69, 9.17) is 12.2 Å². The Kier molecular flexibility index (Phi) is 5.98. The second-order valence-corrected chi connectivity index (χ2v) is 9.62. The van der Waals surface area contributed by atoms with Crippen LogP contribution in [-0.2, 0) is 0 Å². The zero-order valence-electron chi connectivity index (χ0n) is 17.8. The minimum absolute atomic E-state index is 0.0221. The third-order valence-corrected chi connectivity index (χ3v) is 6.46. The molecule has 0 bridgehead atoms. The van der Waals surface area contributed by atoms with E-state index in [1.165, 1.54) is 17.0 Å². The van der Waals surface area contributed by atoms with Gasteiger partial charge in [0.1, 0.15) is 0 Å². The standard InChI is InChI=1S/C24H27BrN4S/c1-15(2)14-28-23(22(27-24(28)30)21-10-5-6-11-26-21)20-12-16(3)29(17(20)4)19-9-7-8-18(25)13-19/h5-13,15,22-23H,14H2,1-4H3,(H,27,30)/t22-,23+/m0/s1. The number of nitrogens with one attached hydrogen (secondary N) is 1. The molecule has 1 aromatic carbocycles. The Hall–Kier alpha value is -2.18. The van der Waals surface area contributed by atoms with Crippen LogP contribution >= 0.6 is 28.1 Å². The molecule has 1 fully saturated rings. The molecule has 156 valence electrons. The van der Waals surface area contributed by atoms with Gasteiger partial charge in [0.25, 0.3) is 0 Å². The van der Waals surface area contributed by atoms with Crippen LogP contribution in [0.25, 0.3) is 5.69 Å². The van der Waals surface area contributed by atoms with Gasteiger partial charge < -0.3 is 14.8 Å². The van der Waals surface area contributed by atoms with Crippen molar-refractivity contribution in [2.45, 2.75) is 39.8 Å². The molecule has 2 aromatic heterocycles. The molecule has 4 rings (SSSR count). The van der Waals surface area contributed by atoms with Crippen LogP contribution in [-0.4, -0.2) is 26.1 Å². The lowest BCUT2D eigenvalue weighted by molar-refractivity contribution is 0.287. The number of aryl methyl sites for hydroxylation is 1. The SMILES string of the molecule is Cc1cc([C@@H]2[C@H](c3ccccn3)NC(=S)N2CC(C)C)c(C)n1-c1cccc(Br)c1. The van der Waals surface area contributed by atoms with Gasteiger partial charge >= 0.3 is 0 Å². The molecule has 3 aromatic rings. The third-order valence-electron chi connectivity index (χ3n) is 5.61. The van der Waals surface area contributed by atoms with Gasteiger partial charge in [0, 0.05) is 34.3 Å². The Morgan fingerprint density at radius 2 is 1.93 bits per heavy atom. The lowest BCUT2D eigenvalue weighted by Gasteiger charge is -2.29. The Balaban J connectivity index is 1.84. The van der Waals surface area contributed by atoms with Crippen LogP contribution in [0.2, 0.25) is 0 Å². The number of nitrogens with zero attached hydrogens (tertiary/aromatic N) is 3. The summed E-state index contributed by atoms with van der Waals surface area (Å²) in [5.41, 5.74) is 5.91. The van der Waals surface area contributed by atoms with Gasteiger partial charge in [0.05, 0.1) is 17.8 Å². The molecule has 1 saturated heterocycles. The highest BCUT2D eigenvalue weighted by Crippen LogP contribution is 2.41. The minimum Gasteiger partial charge on any atom is -0.352 e. The van der Waals surface area contributed by atoms with E-state index in [0.717, 1.165) is 27.5 Å². The Bertz CT molecular complexity index is 1060. The van der Waals surface area contributed by atoms with Gasteiger partial charge in [-0.3, -0.25) is 4.98 Å². The molecule has 1 N–H and O–H groups in total. The molecular weight excluding hydrogens is 456 g/mol. The molecule has 0 aliphatic carbocycles. The number of hydrogen-bond acceptors (Lipinski definition) is 2. The predicted octanol–water partition coefficient (Wildman–Crippen LogP) is 5.88. The zero-order chi connectivity index (χ0) is 21.4. The summed E-state index contributed by atoms with van der Waals surface area (Å²) in [6, 6.07) is 16.9. The molecule has 1 aliphatic rings. The van der Waals surface area contributed by atoms with Crippen molar-refractivity contribution in [2.24, 2.45) is 5.92 Å². The van der Waals surface area contributed by atoms with Crippen LogP contribution in [0.1, 0.15) is 48.6 Å². The van der Waals surface area contributed by atoms with Gasteiger partial charge in [-0.15, -0.1) is 0 Å². The Morgan fingerprint density at radius 3 is 2.60 bits per heavy atom. The molecular formula is C24H27BrN4S. The van der Waals surface area contributed by atoms with E-state index >= 15 is 0 Å². The molecule has 1 aliphatic heterocycles. The van der Waals surface area contributed by atoms with Gasteiger partial charge in [-0.1, -0.05) is 41.9 Å². The second kappa shape index (κ2) is 8.52. The summed E-state index contributed by atoms with van der Waals surface area (Å²) in [7, 11) is 0. The van der Waals surface area contributed by atoms with E-state index in [1.54, 1.807) is 0 Å². The number of halogens is 1. The fourth-order valence-electron chi connectivity index (χ4n) is 4.43. The van der Waals surface area contributed by atoms with Gasteiger partial charge in [-0.2, -0.15) is 0 Å². The van der Waals surface area contributed by atoms with E-state index in [9.17, 15) is 0 Å². The highest BCUT2D eigenvalue weighted by Gasteiger charge is 2.41. The molecule has 30 heavy (non-hydrogen) atoms. The highest BCUT2D eigenvalue weighted by atomic mass is 79.9. The summed E-state index contributed by atoms with van der Waals surface area (Å²) in [5, 5.41) is 4.36. The number of pyridine rings is 1. The Labute approximate surface area is 192 Å². The summed E-state index contributed by atoms with van der Waals surface area (Å²) in [6.07, 6.45) is 1.85. The predicted molar refractivity (Wildman–Crippen MR) is 130 cm³/mol. The molecule has 3 heterocycles. The maximum Gasteiger partial charge on any atom is 0.170 e. The summed E-state index contributed by atoms with van der Waals surface area (Å²) in [6.45, 7) is 9.74. The van der Waals surface area contributed by atoms with Crippen molar-refractivity contribution in [1.82, 2.24) is 19.8 Å². The van der Waals surface area contributed by atoms with Crippen LogP contribution in [0.4, 0.5) is 0 Å². The lowest BCUT2D eigenvalue weighted by Crippen LogP contribution is -2.33. The monoisotopic (exact) mass is 482 g/mol. The van der Waals surface area contributed by atoms with Crippen molar-refractivity contribution >= 4 is 33.3 Å². The summed E-state index contributed by atoms with van der Waals surface area (Å²) in [5.74, 6) is 0.503. The summed E-state index contributed by atoms with van der Waals surface area (Å²) in [4.78, 5) is 6.99. The second-order valence-electron chi connectivity index (χ2n) is 8.31. The van der Waals surface area contributed by atoms with E-state index in [1.807, 2.05) is 18.3 Å². The fourth-order valence-corrected chi connectivity index (χ4v) is 5.14. The first-order valence-corrected chi connectivity index (χ1v) is 11.5. The molecule has 0 spiro atoms. The number of thiocarbonyl (C=S) groups is 1. The number of benzene rings is 1. The van der Waals surface area contributed by atoms with Crippen molar-refractivity contribution in [2.75, 3.05) is 6.54 Å². The summed E-state index contributed by atoms with van der Waals surface area (Å²) >= 11 is 9.39. The van der Waals surface area contributed by atoms with Crippen LogP contribution in [0.15, 0.2) is 59.2 Å². The van der Waals surface area contributed by atoms with Gasteiger partial charge in [-0.05, 0) is 73.9 Å². The van der Waals surface area contributed by atoms with Gasteiger partial charge in [0.15, 0.2) is 5.11 Å². The molecule has 0 unspecified atom stereocenters. The number of hydrogen-bond donors (Lipinski definition) is 1. The van der Waals surface area contributed by atoms with Crippen molar-refractivity contribution in [1.29, 1.82) is 0 Å². The third kappa shape index (κ3) is 3.91. The van der Waals surface area contributed by atoms with Crippen molar-refractivity contribution in [3.05, 3.63) is 81.8 Å². The topological polar surface area (TPSA) is 33.1 Å². The number of rotatable bonds is 5. The number of aromatic nitrogens is 2. The molecule has 6 heteroatoms. The van der Waals surface area contributed by atoms with Gasteiger partial charge in [0.2, 0.25) is 0 Å². The molecule has 0 saturated carbocycles. The first-order chi connectivity index (χ1) is 14.4. The first-order valence-electron chi connectivity index (χ1n) is 10.3. The quantitative estimate of drug-likeness (QED) is 0.460. The normalized spacial score (nSPS) is 18.9. The minimum atomic E-state index is 0.0221. The smallest absolute Gasteiger partial charge is 0.170 e. The maximum absolute atomic E-state index is 5.78. The van der Waals surface area contributed by atoms with E-state index in [0.29, 0.717) is 5.92 Å². The average molecular weight is 483 g/mol. The van der Waals surface area contributed by atoms with E-state index in [-0.39, 0.29) is 12.1 Å². The van der Waals surface area contributed by atoms with Crippen LogP contribution < -0.4 is 5.32 Å². The highest BCUT2D eigenvalue weighted by molar-refractivity contribution is 9.10. The lowest BCUT2D eigenvalue weighted by atomic mass is 9.96. The zero-order valence-corrected chi connectivity index (χ0v) is 20.2. The van der Waals surface area contributed by atoms with Crippen LogP contribution in [0, 0.1) is 19.8 Å². The van der Waals surface area contributed by atoms with Crippen molar-refractivity contribution < 1.29 is 0 Å².